The number of nitrogens with zero attached hydrogens (tertiary/aromatic N) is 1. The van der Waals surface area contributed by atoms with E-state index in [0.29, 0.717) is 17.7 Å². The van der Waals surface area contributed by atoms with Crippen molar-refractivity contribution in [2.75, 3.05) is 11.9 Å². The molecule has 0 aromatic heterocycles. The lowest BCUT2D eigenvalue weighted by Gasteiger charge is -2.29. The summed E-state index contributed by atoms with van der Waals surface area (Å²) in [6.45, 7) is 4.03. The van der Waals surface area contributed by atoms with Gasteiger partial charge in [-0.3, -0.25) is 29.4 Å². The molecule has 8 nitrogen and oxygen atoms in total. The smallest absolute Gasteiger partial charge is 0.250 e. The summed E-state index contributed by atoms with van der Waals surface area (Å²) < 4.78 is 0. The zero-order valence-corrected chi connectivity index (χ0v) is 18.6. The van der Waals surface area contributed by atoms with Gasteiger partial charge in [-0.15, -0.1) is 0 Å². The molecule has 0 saturated carbocycles. The topological polar surface area (TPSA) is 122 Å². The average molecular weight is 447 g/mol. The van der Waals surface area contributed by atoms with Crippen LogP contribution >= 0.6 is 0 Å². The number of anilines is 1. The molecule has 3 aliphatic rings. The molecule has 2 fully saturated rings. The maximum absolute atomic E-state index is 13.7. The molecule has 0 radical (unpaired) electrons. The van der Waals surface area contributed by atoms with Crippen LogP contribution in [-0.2, 0) is 31.1 Å². The van der Waals surface area contributed by atoms with Crippen LogP contribution in [0.5, 0.6) is 0 Å². The second-order valence-electron chi connectivity index (χ2n) is 9.25. The number of nitrogens with one attached hydrogen (secondary N) is 2. The third kappa shape index (κ3) is 3.08. The first-order chi connectivity index (χ1) is 15.7. The minimum atomic E-state index is -1.41. The molecule has 2 aromatic rings. The Hall–Kier alpha value is -3.52. The standard InChI is InChI=1S/C25H26N4O4/c1-13-10-14(2)21-16(11-13)25(24(33)27-21)20-19(17(28-25)12-18(26)30)22(31)29(23(20)32)9-8-15-6-4-3-5-7-15/h3-7,10-11,17,19-20,28H,8-9,12H2,1-2H3,(H2,26,30)(H,27,33)/t17-,19-,20+,25+/m1/s1. The minimum Gasteiger partial charge on any atom is -0.370 e. The first-order valence-electron chi connectivity index (χ1n) is 11.1. The van der Waals surface area contributed by atoms with Crippen molar-refractivity contribution in [1.29, 1.82) is 0 Å². The lowest BCUT2D eigenvalue weighted by Crippen LogP contribution is -2.53. The van der Waals surface area contributed by atoms with Gasteiger partial charge in [-0.25, -0.2) is 0 Å². The summed E-state index contributed by atoms with van der Waals surface area (Å²) in [6.07, 6.45) is 0.377. The molecular formula is C25H26N4O4. The molecule has 3 aliphatic heterocycles. The maximum atomic E-state index is 13.7. The predicted octanol–water partition coefficient (Wildman–Crippen LogP) is 1.14. The van der Waals surface area contributed by atoms with E-state index in [2.05, 4.69) is 10.6 Å². The molecular weight excluding hydrogens is 420 g/mol. The number of amides is 4. The molecule has 3 heterocycles. The Bertz CT molecular complexity index is 1190. The number of imide groups is 1. The molecule has 0 aliphatic carbocycles. The van der Waals surface area contributed by atoms with Crippen molar-refractivity contribution in [2.24, 2.45) is 17.6 Å². The second kappa shape index (κ2) is 7.52. The van der Waals surface area contributed by atoms with Gasteiger partial charge in [0.15, 0.2) is 0 Å². The Labute approximate surface area is 191 Å². The highest BCUT2D eigenvalue weighted by Crippen LogP contribution is 2.54. The van der Waals surface area contributed by atoms with Gasteiger partial charge < -0.3 is 11.1 Å². The van der Waals surface area contributed by atoms with Crippen LogP contribution in [0.2, 0.25) is 0 Å². The van der Waals surface area contributed by atoms with Gasteiger partial charge in [0.05, 0.1) is 11.8 Å². The number of hydrogen-bond donors (Lipinski definition) is 3. The number of likely N-dealkylation sites (tertiary alicyclic amines) is 1. The van der Waals surface area contributed by atoms with Gasteiger partial charge in [-0.1, -0.05) is 48.0 Å². The van der Waals surface area contributed by atoms with Gasteiger partial charge in [-0.2, -0.15) is 0 Å². The molecule has 0 unspecified atom stereocenters. The van der Waals surface area contributed by atoms with E-state index in [0.717, 1.165) is 16.7 Å². The normalized spacial score (nSPS) is 27.8. The first kappa shape index (κ1) is 21.3. The third-order valence-corrected chi connectivity index (χ3v) is 7.14. The van der Waals surface area contributed by atoms with Crippen molar-refractivity contribution in [1.82, 2.24) is 10.2 Å². The van der Waals surface area contributed by atoms with Gasteiger partial charge in [0, 0.05) is 30.3 Å². The summed E-state index contributed by atoms with van der Waals surface area (Å²) in [6, 6.07) is 12.7. The van der Waals surface area contributed by atoms with Crippen LogP contribution in [0, 0.1) is 25.7 Å². The lowest BCUT2D eigenvalue weighted by atomic mass is 9.76. The highest BCUT2D eigenvalue weighted by atomic mass is 16.2. The molecule has 2 aromatic carbocycles. The van der Waals surface area contributed by atoms with Crippen LogP contribution in [0.1, 0.15) is 28.7 Å². The van der Waals surface area contributed by atoms with Crippen LogP contribution < -0.4 is 16.4 Å². The number of primary amides is 1. The summed E-state index contributed by atoms with van der Waals surface area (Å²) in [7, 11) is 0. The van der Waals surface area contributed by atoms with E-state index in [4.69, 9.17) is 5.73 Å². The van der Waals surface area contributed by atoms with Crippen LogP contribution in [-0.4, -0.2) is 41.1 Å². The Morgan fingerprint density at radius 3 is 2.52 bits per heavy atom. The minimum absolute atomic E-state index is 0.137. The molecule has 5 rings (SSSR count). The molecule has 8 heteroatoms. The van der Waals surface area contributed by atoms with Crippen LogP contribution in [0.4, 0.5) is 5.69 Å². The number of nitrogens with two attached hydrogens (primary N) is 1. The number of rotatable bonds is 5. The van der Waals surface area contributed by atoms with Gasteiger partial charge in [0.1, 0.15) is 5.54 Å². The monoisotopic (exact) mass is 446 g/mol. The zero-order valence-electron chi connectivity index (χ0n) is 18.6. The third-order valence-electron chi connectivity index (χ3n) is 7.14. The van der Waals surface area contributed by atoms with E-state index in [9.17, 15) is 19.2 Å². The quantitative estimate of drug-likeness (QED) is 0.595. The zero-order chi connectivity index (χ0) is 23.5. The predicted molar refractivity (Wildman–Crippen MR) is 121 cm³/mol. The Morgan fingerprint density at radius 2 is 1.82 bits per heavy atom. The van der Waals surface area contributed by atoms with Crippen molar-refractivity contribution in [3.05, 3.63) is 64.7 Å². The number of hydrogen-bond acceptors (Lipinski definition) is 5. The number of carbonyl (C=O) groups excluding carboxylic acids is 4. The van der Waals surface area contributed by atoms with E-state index in [1.54, 1.807) is 0 Å². The van der Waals surface area contributed by atoms with E-state index in [1.807, 2.05) is 56.3 Å². The van der Waals surface area contributed by atoms with E-state index < -0.39 is 29.3 Å². The second-order valence-corrected chi connectivity index (χ2v) is 9.25. The highest BCUT2D eigenvalue weighted by Gasteiger charge is 2.70. The summed E-state index contributed by atoms with van der Waals surface area (Å²) in [5.74, 6) is -3.49. The van der Waals surface area contributed by atoms with Crippen LogP contribution in [0.15, 0.2) is 42.5 Å². The number of benzene rings is 2. The van der Waals surface area contributed by atoms with Crippen molar-refractivity contribution in [3.63, 3.8) is 0 Å². The van der Waals surface area contributed by atoms with Crippen molar-refractivity contribution in [2.45, 2.75) is 38.3 Å². The average Bonchev–Trinajstić information content (AvgIpc) is 3.33. The fourth-order valence-corrected chi connectivity index (χ4v) is 5.82. The van der Waals surface area contributed by atoms with E-state index in [1.165, 1.54) is 4.90 Å². The molecule has 33 heavy (non-hydrogen) atoms. The molecule has 2 saturated heterocycles. The van der Waals surface area contributed by atoms with Crippen molar-refractivity contribution in [3.8, 4) is 0 Å². The molecule has 4 atom stereocenters. The van der Waals surface area contributed by atoms with E-state index in [-0.39, 0.29) is 30.7 Å². The first-order valence-corrected chi connectivity index (χ1v) is 11.1. The largest absolute Gasteiger partial charge is 0.370 e. The van der Waals surface area contributed by atoms with Gasteiger partial charge >= 0.3 is 0 Å². The van der Waals surface area contributed by atoms with Crippen LogP contribution in [0.3, 0.4) is 0 Å². The maximum Gasteiger partial charge on any atom is 0.250 e. The van der Waals surface area contributed by atoms with Gasteiger partial charge in [0.25, 0.3) is 0 Å². The van der Waals surface area contributed by atoms with Gasteiger partial charge in [0.2, 0.25) is 23.6 Å². The highest BCUT2D eigenvalue weighted by molar-refractivity contribution is 6.15. The summed E-state index contributed by atoms with van der Waals surface area (Å²) in [5, 5.41) is 6.15. The Morgan fingerprint density at radius 1 is 1.09 bits per heavy atom. The van der Waals surface area contributed by atoms with Crippen molar-refractivity contribution < 1.29 is 19.2 Å². The lowest BCUT2D eigenvalue weighted by molar-refractivity contribution is -0.142. The molecule has 170 valence electrons. The number of carbonyl (C=O) groups is 4. The van der Waals surface area contributed by atoms with E-state index >= 15 is 0 Å². The van der Waals surface area contributed by atoms with Crippen molar-refractivity contribution >= 4 is 29.3 Å². The number of fused-ring (bicyclic) bond motifs is 4. The molecule has 4 amide bonds. The molecule has 1 spiro atoms. The number of aryl methyl sites for hydroxylation is 2. The molecule has 4 N–H and O–H groups in total. The fraction of sp³-hybridized carbons (Fsp3) is 0.360. The van der Waals surface area contributed by atoms with Gasteiger partial charge in [-0.05, 0) is 31.4 Å². The summed E-state index contributed by atoms with van der Waals surface area (Å²) in [4.78, 5) is 53.7. The van der Waals surface area contributed by atoms with Crippen LogP contribution in [0.25, 0.3) is 0 Å². The Kier molecular flexibility index (Phi) is 4.86. The SMILES string of the molecule is Cc1cc(C)c2c(c1)[C@@]1(N[C@H](CC(N)=O)[C@H]3C(=O)N(CCc4ccccc4)C(=O)[C@H]31)C(=O)N2. The fourth-order valence-electron chi connectivity index (χ4n) is 5.82. The molecule has 0 bridgehead atoms. The summed E-state index contributed by atoms with van der Waals surface area (Å²) >= 11 is 0. The summed E-state index contributed by atoms with van der Waals surface area (Å²) in [5.41, 5.74) is 8.20. The Balaban J connectivity index is 1.57.